The summed E-state index contributed by atoms with van der Waals surface area (Å²) < 4.78 is 43.1. The van der Waals surface area contributed by atoms with Crippen molar-refractivity contribution in [3.8, 4) is 0 Å². The summed E-state index contributed by atoms with van der Waals surface area (Å²) in [5.41, 5.74) is -0.999. The van der Waals surface area contributed by atoms with Crippen molar-refractivity contribution < 1.29 is 22.7 Å². The topological polar surface area (TPSA) is 46.3 Å². The molecule has 2 rings (SSSR count). The Morgan fingerprint density at radius 2 is 2.11 bits per heavy atom. The number of benzene rings is 1. The van der Waals surface area contributed by atoms with Gasteiger partial charge in [0.15, 0.2) is 0 Å². The highest BCUT2D eigenvalue weighted by molar-refractivity contribution is 7.99. The van der Waals surface area contributed by atoms with Crippen LogP contribution in [0, 0.1) is 0 Å². The average Bonchev–Trinajstić information content (AvgIpc) is 2.80. The van der Waals surface area contributed by atoms with Gasteiger partial charge in [0.25, 0.3) is 5.22 Å². The number of halogens is 3. The number of aliphatic hydroxyl groups excluding tert-OH is 1. The van der Waals surface area contributed by atoms with Gasteiger partial charge in [-0.15, -0.1) is 0 Å². The molecular weight excluding hydrogens is 267 g/mol. The predicted molar refractivity (Wildman–Crippen MR) is 58.0 cm³/mol. The molecule has 0 bridgehead atoms. The van der Waals surface area contributed by atoms with Crippen LogP contribution in [0.4, 0.5) is 13.2 Å². The summed E-state index contributed by atoms with van der Waals surface area (Å²) in [6, 6.07) is 3.70. The van der Waals surface area contributed by atoms with Gasteiger partial charge in [-0.2, -0.15) is 13.2 Å². The van der Waals surface area contributed by atoms with Gasteiger partial charge in [0.2, 0.25) is 0 Å². The van der Waals surface area contributed by atoms with E-state index in [1.54, 1.807) is 0 Å². The molecule has 1 aromatic carbocycles. The molecular formula is C11H8F3NO2S. The largest absolute Gasteiger partial charge is 0.440 e. The second kappa shape index (κ2) is 5.03. The highest BCUT2D eigenvalue weighted by atomic mass is 32.2. The summed E-state index contributed by atoms with van der Waals surface area (Å²) in [4.78, 5) is 4.16. The van der Waals surface area contributed by atoms with Gasteiger partial charge in [-0.05, 0) is 29.5 Å². The predicted octanol–water partition coefficient (Wildman–Crippen LogP) is 3.34. The Balaban J connectivity index is 2.34. The van der Waals surface area contributed by atoms with Crippen LogP contribution in [0.15, 0.2) is 45.2 Å². The minimum absolute atomic E-state index is 0.153. The van der Waals surface area contributed by atoms with E-state index in [0.29, 0.717) is 4.90 Å². The Kier molecular flexibility index (Phi) is 3.63. The van der Waals surface area contributed by atoms with E-state index < -0.39 is 18.3 Å². The van der Waals surface area contributed by atoms with Gasteiger partial charge in [-0.1, -0.05) is 6.07 Å². The van der Waals surface area contributed by atoms with Crippen LogP contribution in [0.25, 0.3) is 0 Å². The van der Waals surface area contributed by atoms with Crippen LogP contribution in [-0.2, 0) is 12.8 Å². The van der Waals surface area contributed by atoms with Crippen LogP contribution in [0.3, 0.4) is 0 Å². The lowest BCUT2D eigenvalue weighted by molar-refractivity contribution is -0.138. The van der Waals surface area contributed by atoms with Gasteiger partial charge in [0.05, 0.1) is 18.4 Å². The fourth-order valence-corrected chi connectivity index (χ4v) is 2.11. The maximum absolute atomic E-state index is 12.7. The van der Waals surface area contributed by atoms with Crippen molar-refractivity contribution in [1.29, 1.82) is 0 Å². The zero-order valence-corrected chi connectivity index (χ0v) is 9.76. The molecule has 0 aliphatic rings. The normalized spacial score (nSPS) is 11.8. The van der Waals surface area contributed by atoms with Crippen molar-refractivity contribution in [3.63, 3.8) is 0 Å². The maximum atomic E-state index is 12.7. The second-order valence-electron chi connectivity index (χ2n) is 3.37. The van der Waals surface area contributed by atoms with Crippen LogP contribution < -0.4 is 0 Å². The molecule has 0 saturated carbocycles. The van der Waals surface area contributed by atoms with Crippen molar-refractivity contribution in [1.82, 2.24) is 4.98 Å². The molecule has 1 heterocycles. The Hall–Kier alpha value is -1.47. The summed E-state index contributed by atoms with van der Waals surface area (Å²) in [5.74, 6) is 0. The van der Waals surface area contributed by atoms with E-state index in [9.17, 15) is 13.2 Å². The molecule has 0 aliphatic heterocycles. The lowest BCUT2D eigenvalue weighted by Gasteiger charge is -2.12. The third-order valence-corrected chi connectivity index (χ3v) is 3.04. The summed E-state index contributed by atoms with van der Waals surface area (Å²) in [7, 11) is 0. The number of rotatable bonds is 3. The molecule has 7 heteroatoms. The molecule has 0 fully saturated rings. The molecule has 3 nitrogen and oxygen atoms in total. The minimum Gasteiger partial charge on any atom is -0.440 e. The molecule has 1 N–H and O–H groups in total. The Labute approximate surface area is 105 Å². The van der Waals surface area contributed by atoms with Crippen LogP contribution in [0.2, 0.25) is 0 Å². The molecule has 0 saturated heterocycles. The number of hydrogen-bond donors (Lipinski definition) is 1. The van der Waals surface area contributed by atoms with Crippen LogP contribution in [0.1, 0.15) is 11.1 Å². The lowest BCUT2D eigenvalue weighted by atomic mass is 10.1. The first kappa shape index (κ1) is 13.0. The zero-order valence-electron chi connectivity index (χ0n) is 8.94. The molecule has 0 atom stereocenters. The summed E-state index contributed by atoms with van der Waals surface area (Å²) in [5, 5.41) is 9.16. The van der Waals surface area contributed by atoms with Gasteiger partial charge < -0.3 is 9.52 Å². The van der Waals surface area contributed by atoms with E-state index in [2.05, 4.69) is 4.98 Å². The van der Waals surface area contributed by atoms with Crippen molar-refractivity contribution in [2.45, 2.75) is 22.9 Å². The first-order valence-corrected chi connectivity index (χ1v) is 5.70. The number of alkyl halides is 3. The van der Waals surface area contributed by atoms with E-state index in [1.165, 1.54) is 24.6 Å². The van der Waals surface area contributed by atoms with Gasteiger partial charge in [0.1, 0.15) is 6.26 Å². The number of aliphatic hydroxyl groups is 1. The van der Waals surface area contributed by atoms with Crippen molar-refractivity contribution >= 4 is 11.8 Å². The first-order chi connectivity index (χ1) is 8.50. The third kappa shape index (κ3) is 2.85. The van der Waals surface area contributed by atoms with Crippen LogP contribution >= 0.6 is 11.8 Å². The number of oxazole rings is 1. The fourth-order valence-electron chi connectivity index (χ4n) is 1.38. The number of hydrogen-bond acceptors (Lipinski definition) is 4. The fraction of sp³-hybridized carbons (Fsp3) is 0.182. The summed E-state index contributed by atoms with van der Waals surface area (Å²) in [6.45, 7) is -0.654. The van der Waals surface area contributed by atoms with E-state index >= 15 is 0 Å². The Morgan fingerprint density at radius 3 is 2.67 bits per heavy atom. The van der Waals surface area contributed by atoms with Crippen molar-refractivity contribution in [2.24, 2.45) is 0 Å². The summed E-state index contributed by atoms with van der Waals surface area (Å²) in [6.07, 6.45) is -1.74. The quantitative estimate of drug-likeness (QED) is 0.933. The lowest BCUT2D eigenvalue weighted by Crippen LogP contribution is -2.09. The molecule has 0 spiro atoms. The van der Waals surface area contributed by atoms with Gasteiger partial charge in [-0.3, -0.25) is 0 Å². The van der Waals surface area contributed by atoms with Crippen LogP contribution in [-0.4, -0.2) is 10.1 Å². The monoisotopic (exact) mass is 275 g/mol. The molecule has 2 aromatic rings. The summed E-state index contributed by atoms with van der Waals surface area (Å²) >= 11 is 0.984. The first-order valence-electron chi connectivity index (χ1n) is 4.89. The number of nitrogens with zero attached hydrogens (tertiary/aromatic N) is 1. The van der Waals surface area contributed by atoms with Gasteiger partial charge in [-0.25, -0.2) is 4.98 Å². The molecule has 1 aromatic heterocycles. The average molecular weight is 275 g/mol. The molecule has 96 valence electrons. The Bertz CT molecular complexity index is 526. The standard InChI is InChI=1S/C11H8F3NO2S/c12-11(13,14)9-5-8(2-1-7(9)6-16)18-10-15-3-4-17-10/h1-5,16H,6H2. The smallest absolute Gasteiger partial charge is 0.416 e. The highest BCUT2D eigenvalue weighted by Gasteiger charge is 2.33. The third-order valence-electron chi connectivity index (χ3n) is 2.17. The molecule has 0 unspecified atom stereocenters. The molecule has 0 amide bonds. The van der Waals surface area contributed by atoms with Crippen LogP contribution in [0.5, 0.6) is 0 Å². The second-order valence-corrected chi connectivity index (χ2v) is 4.40. The van der Waals surface area contributed by atoms with E-state index in [1.807, 2.05) is 0 Å². The Morgan fingerprint density at radius 1 is 1.33 bits per heavy atom. The van der Waals surface area contributed by atoms with E-state index in [4.69, 9.17) is 9.52 Å². The minimum atomic E-state index is -4.49. The zero-order chi connectivity index (χ0) is 13.2. The van der Waals surface area contributed by atoms with E-state index in [0.717, 1.165) is 17.8 Å². The van der Waals surface area contributed by atoms with Crippen molar-refractivity contribution in [2.75, 3.05) is 0 Å². The van der Waals surface area contributed by atoms with Gasteiger partial charge >= 0.3 is 6.18 Å². The number of aromatic nitrogens is 1. The van der Waals surface area contributed by atoms with E-state index in [-0.39, 0.29) is 10.8 Å². The maximum Gasteiger partial charge on any atom is 0.416 e. The van der Waals surface area contributed by atoms with Gasteiger partial charge in [0, 0.05) is 4.90 Å². The highest BCUT2D eigenvalue weighted by Crippen LogP contribution is 2.36. The van der Waals surface area contributed by atoms with Crippen molar-refractivity contribution in [3.05, 3.63) is 41.8 Å². The molecule has 0 aliphatic carbocycles. The molecule has 18 heavy (non-hydrogen) atoms. The molecule has 0 radical (unpaired) electrons. The SMILES string of the molecule is OCc1ccc(Sc2ncco2)cc1C(F)(F)F.